The van der Waals surface area contributed by atoms with Crippen LogP contribution in [0, 0.1) is 0 Å². The van der Waals surface area contributed by atoms with Crippen LogP contribution >= 0.6 is 0 Å². The van der Waals surface area contributed by atoms with Gasteiger partial charge in [0.05, 0.1) is 26.4 Å². The Morgan fingerprint density at radius 2 is 1.97 bits per heavy atom. The Bertz CT molecular complexity index is 1080. The molecule has 11 heteroatoms. The van der Waals surface area contributed by atoms with E-state index in [-0.39, 0.29) is 31.9 Å². The quantitative estimate of drug-likeness (QED) is 0.597. The van der Waals surface area contributed by atoms with Gasteiger partial charge in [-0.25, -0.2) is 9.48 Å². The Morgan fingerprint density at radius 1 is 1.30 bits per heavy atom. The predicted octanol–water partition coefficient (Wildman–Crippen LogP) is 2.94. The molecule has 0 aliphatic carbocycles. The van der Waals surface area contributed by atoms with Crippen molar-refractivity contribution in [2.75, 3.05) is 25.2 Å². The maximum absolute atomic E-state index is 13.6. The highest BCUT2D eigenvalue weighted by atomic mass is 19.4. The number of carboxylic acids is 1. The van der Waals surface area contributed by atoms with Crippen molar-refractivity contribution in [2.24, 2.45) is 0 Å². The highest BCUT2D eigenvalue weighted by Gasteiger charge is 2.41. The molecule has 3 rings (SSSR count). The van der Waals surface area contributed by atoms with E-state index in [4.69, 9.17) is 9.47 Å². The van der Waals surface area contributed by atoms with Crippen LogP contribution in [0.4, 0.5) is 19.0 Å². The number of benzene rings is 1. The van der Waals surface area contributed by atoms with Crippen molar-refractivity contribution in [3.8, 4) is 5.75 Å². The molecule has 33 heavy (non-hydrogen) atoms. The van der Waals surface area contributed by atoms with Crippen molar-refractivity contribution in [2.45, 2.75) is 38.2 Å². The zero-order valence-corrected chi connectivity index (χ0v) is 18.1. The average Bonchev–Trinajstić information content (AvgIpc) is 3.18. The number of nitrogens with zero attached hydrogens (tertiary/aromatic N) is 3. The number of rotatable bonds is 8. The molecule has 1 aromatic heterocycles. The molecule has 1 N–H and O–H groups in total. The highest BCUT2D eigenvalue weighted by Crippen LogP contribution is 2.31. The van der Waals surface area contributed by atoms with Gasteiger partial charge in [0.1, 0.15) is 17.4 Å². The first-order chi connectivity index (χ1) is 15.5. The van der Waals surface area contributed by atoms with Gasteiger partial charge in [-0.15, -0.1) is 0 Å². The minimum Gasteiger partial charge on any atom is -0.497 e. The fourth-order valence-corrected chi connectivity index (χ4v) is 3.55. The molecule has 0 unspecified atom stereocenters. The van der Waals surface area contributed by atoms with E-state index < -0.39 is 35.4 Å². The number of hydrogen-bond donors (Lipinski definition) is 1. The molecule has 1 saturated heterocycles. The number of alkyl halides is 3. The summed E-state index contributed by atoms with van der Waals surface area (Å²) in [5, 5.41) is 13.7. The van der Waals surface area contributed by atoms with E-state index in [2.05, 4.69) is 11.7 Å². The predicted molar refractivity (Wildman–Crippen MR) is 114 cm³/mol. The lowest BCUT2D eigenvalue weighted by molar-refractivity contribution is -0.139. The average molecular weight is 467 g/mol. The van der Waals surface area contributed by atoms with Gasteiger partial charge in [-0.1, -0.05) is 24.3 Å². The molecular weight excluding hydrogens is 443 g/mol. The molecule has 1 aliphatic heterocycles. The van der Waals surface area contributed by atoms with E-state index >= 15 is 0 Å². The normalized spacial score (nSPS) is 18.4. The molecule has 1 fully saturated rings. The first kappa shape index (κ1) is 24.3. The summed E-state index contributed by atoms with van der Waals surface area (Å²) in [5.41, 5.74) is -1.49. The van der Waals surface area contributed by atoms with Gasteiger partial charge in [-0.3, -0.25) is 4.79 Å². The fraction of sp³-hybridized carbons (Fsp3) is 0.409. The van der Waals surface area contributed by atoms with Crippen LogP contribution in [-0.4, -0.2) is 53.3 Å². The van der Waals surface area contributed by atoms with E-state index in [0.29, 0.717) is 22.1 Å². The molecule has 2 heterocycles. The summed E-state index contributed by atoms with van der Waals surface area (Å²) >= 11 is 0. The Hall–Kier alpha value is -3.34. The Kier molecular flexibility index (Phi) is 7.11. The number of methoxy groups -OCH3 is 1. The summed E-state index contributed by atoms with van der Waals surface area (Å²) in [6, 6.07) is 5.87. The molecule has 0 amide bonds. The molecular formula is C22H24F3N3O5. The minimum absolute atomic E-state index is 0.00921. The van der Waals surface area contributed by atoms with Gasteiger partial charge in [0.15, 0.2) is 5.82 Å². The number of carbonyl (C=O) groups is 1. The first-order valence-electron chi connectivity index (χ1n) is 10.1. The zero-order valence-electron chi connectivity index (χ0n) is 18.1. The first-order valence-corrected chi connectivity index (χ1v) is 10.1. The van der Waals surface area contributed by atoms with Gasteiger partial charge in [-0.2, -0.15) is 18.3 Å². The van der Waals surface area contributed by atoms with Crippen LogP contribution in [0.3, 0.4) is 0 Å². The van der Waals surface area contributed by atoms with E-state index in [0.717, 1.165) is 5.57 Å². The smallest absolute Gasteiger partial charge is 0.421 e. The van der Waals surface area contributed by atoms with E-state index in [9.17, 15) is 27.9 Å². The van der Waals surface area contributed by atoms with Gasteiger partial charge in [-0.05, 0) is 24.6 Å². The van der Waals surface area contributed by atoms with Crippen LogP contribution in [0.1, 0.15) is 24.5 Å². The van der Waals surface area contributed by atoms with Crippen LogP contribution in [0.2, 0.25) is 0 Å². The summed E-state index contributed by atoms with van der Waals surface area (Å²) in [4.78, 5) is 25.6. The van der Waals surface area contributed by atoms with Crippen LogP contribution in [0.25, 0.3) is 0 Å². The lowest BCUT2D eigenvalue weighted by Gasteiger charge is -2.24. The molecule has 0 bridgehead atoms. The number of hydrogen-bond acceptors (Lipinski definition) is 6. The number of ether oxygens (including phenoxy) is 2. The third-order valence-corrected chi connectivity index (χ3v) is 5.17. The number of aliphatic carboxylic acids is 1. The van der Waals surface area contributed by atoms with Gasteiger partial charge in [0, 0.05) is 19.0 Å². The van der Waals surface area contributed by atoms with Crippen molar-refractivity contribution >= 4 is 11.8 Å². The summed E-state index contributed by atoms with van der Waals surface area (Å²) in [6.45, 7) is 5.44. The molecule has 2 aromatic rings. The Labute approximate surface area is 187 Å². The third kappa shape index (κ3) is 5.72. The molecule has 2 atom stereocenters. The molecule has 0 spiro atoms. The maximum Gasteiger partial charge on any atom is 0.421 e. The lowest BCUT2D eigenvalue weighted by atomic mass is 10.2. The number of aromatic nitrogens is 2. The van der Waals surface area contributed by atoms with Crippen molar-refractivity contribution in [1.29, 1.82) is 0 Å². The summed E-state index contributed by atoms with van der Waals surface area (Å²) in [5.74, 6) is -0.935. The molecule has 0 saturated carbocycles. The topological polar surface area (TPSA) is 93.9 Å². The van der Waals surface area contributed by atoms with Gasteiger partial charge in [0.25, 0.3) is 5.56 Å². The minimum atomic E-state index is -4.94. The Balaban J connectivity index is 2.01. The van der Waals surface area contributed by atoms with Crippen LogP contribution in [-0.2, 0) is 22.3 Å². The van der Waals surface area contributed by atoms with Crippen molar-refractivity contribution < 1.29 is 32.5 Å². The van der Waals surface area contributed by atoms with Crippen LogP contribution < -0.4 is 15.2 Å². The molecule has 8 nitrogen and oxygen atoms in total. The second kappa shape index (κ2) is 9.65. The monoisotopic (exact) mass is 467 g/mol. The van der Waals surface area contributed by atoms with Gasteiger partial charge >= 0.3 is 12.1 Å². The van der Waals surface area contributed by atoms with E-state index in [1.807, 2.05) is 0 Å². The van der Waals surface area contributed by atoms with Crippen molar-refractivity contribution in [3.63, 3.8) is 0 Å². The van der Waals surface area contributed by atoms with Gasteiger partial charge < -0.3 is 19.5 Å². The third-order valence-electron chi connectivity index (χ3n) is 5.17. The largest absolute Gasteiger partial charge is 0.497 e. The van der Waals surface area contributed by atoms with Gasteiger partial charge in [0.2, 0.25) is 0 Å². The van der Waals surface area contributed by atoms with Crippen LogP contribution in [0.15, 0.2) is 47.3 Å². The Morgan fingerprint density at radius 3 is 2.52 bits per heavy atom. The molecule has 1 aliphatic rings. The summed E-state index contributed by atoms with van der Waals surface area (Å²) in [7, 11) is 1.47. The second-order valence-corrected chi connectivity index (χ2v) is 7.86. The van der Waals surface area contributed by atoms with Crippen molar-refractivity contribution in [3.05, 3.63) is 64.0 Å². The van der Waals surface area contributed by atoms with Crippen molar-refractivity contribution in [1.82, 2.24) is 9.78 Å². The molecule has 0 radical (unpaired) electrons. The molecule has 1 aromatic carbocycles. The SMILES string of the molecule is C=C(C)CO[C@H]1C[C@@H](C(=O)O)N(c2cc(C(F)(F)F)c(=O)n(Cc3ccc(OC)cc3)n2)C1. The molecule has 178 valence electrons. The summed E-state index contributed by atoms with van der Waals surface area (Å²) < 4.78 is 52.3. The standard InChI is InChI=1S/C22H24F3N3O5/c1-13(2)12-33-16-8-18(21(30)31)27(11-16)19-9-17(22(23,24)25)20(29)28(26-19)10-14-4-6-15(32-3)7-5-14/h4-7,9,16,18H,1,8,10-12H2,2-3H3,(H,30,31)/t16-,18-/m0/s1. The zero-order chi connectivity index (χ0) is 24.3. The number of anilines is 1. The fourth-order valence-electron chi connectivity index (χ4n) is 3.55. The number of carboxylic acid groups (broad SMARTS) is 1. The maximum atomic E-state index is 13.6. The number of halogens is 3. The second-order valence-electron chi connectivity index (χ2n) is 7.86. The van der Waals surface area contributed by atoms with Crippen LogP contribution in [0.5, 0.6) is 5.75 Å². The highest BCUT2D eigenvalue weighted by molar-refractivity contribution is 5.78. The van der Waals surface area contributed by atoms with E-state index in [1.54, 1.807) is 31.2 Å². The lowest BCUT2D eigenvalue weighted by Crippen LogP contribution is -2.39. The van der Waals surface area contributed by atoms with E-state index in [1.165, 1.54) is 12.0 Å². The summed E-state index contributed by atoms with van der Waals surface area (Å²) in [6.07, 6.45) is -5.42.